The highest BCUT2D eigenvalue weighted by Crippen LogP contribution is 2.26. The van der Waals surface area contributed by atoms with Crippen molar-refractivity contribution in [3.05, 3.63) is 88.4 Å². The van der Waals surface area contributed by atoms with Crippen LogP contribution >= 0.6 is 23.2 Å². The summed E-state index contributed by atoms with van der Waals surface area (Å²) in [6.07, 6.45) is 0. The Balaban J connectivity index is 1.54. The molecule has 1 amide bonds. The van der Waals surface area contributed by atoms with Crippen LogP contribution in [0.3, 0.4) is 0 Å². The maximum absolute atomic E-state index is 13.5. The lowest BCUT2D eigenvalue weighted by atomic mass is 10.2. The predicted molar refractivity (Wildman–Crippen MR) is 137 cm³/mol. The maximum atomic E-state index is 13.5. The van der Waals surface area contributed by atoms with Gasteiger partial charge in [-0.1, -0.05) is 41.4 Å². The van der Waals surface area contributed by atoms with Gasteiger partial charge in [0.2, 0.25) is 5.91 Å². The summed E-state index contributed by atoms with van der Waals surface area (Å²) < 4.78 is 28.2. The number of aryl methyl sites for hydroxylation is 1. The number of amides is 1. The molecule has 1 heterocycles. The second-order valence-corrected chi connectivity index (χ2v) is 10.9. The van der Waals surface area contributed by atoms with Crippen LogP contribution < -0.4 is 9.21 Å². The highest BCUT2D eigenvalue weighted by atomic mass is 35.5. The molecule has 0 aromatic heterocycles. The number of benzene rings is 3. The number of anilines is 2. The van der Waals surface area contributed by atoms with Crippen LogP contribution in [-0.2, 0) is 14.8 Å². The minimum Gasteiger partial charge on any atom is -0.368 e. The van der Waals surface area contributed by atoms with Gasteiger partial charge >= 0.3 is 0 Å². The molecule has 3 aromatic rings. The molecule has 0 N–H and O–H groups in total. The molecule has 0 saturated carbocycles. The molecule has 0 bridgehead atoms. The molecular weight excluding hydrogens is 493 g/mol. The summed E-state index contributed by atoms with van der Waals surface area (Å²) in [5.74, 6) is -0.246. The van der Waals surface area contributed by atoms with E-state index in [4.69, 9.17) is 23.2 Å². The van der Waals surface area contributed by atoms with E-state index in [0.717, 1.165) is 11.3 Å². The fourth-order valence-corrected chi connectivity index (χ4v) is 5.66. The number of carbonyl (C=O) groups excluding carboxylic acids is 1. The number of rotatable bonds is 6. The molecule has 3 aromatic carbocycles. The first-order valence-electron chi connectivity index (χ1n) is 10.9. The van der Waals surface area contributed by atoms with E-state index in [9.17, 15) is 13.2 Å². The minimum atomic E-state index is -3.98. The molecular formula is C25H25Cl2N3O3S. The third-order valence-corrected chi connectivity index (χ3v) is 8.05. The third kappa shape index (κ3) is 5.49. The van der Waals surface area contributed by atoms with Crippen LogP contribution in [0.25, 0.3) is 0 Å². The zero-order chi connectivity index (χ0) is 24.3. The van der Waals surface area contributed by atoms with Crippen molar-refractivity contribution < 1.29 is 13.2 Å². The lowest BCUT2D eigenvalue weighted by Gasteiger charge is -2.37. The molecule has 0 unspecified atom stereocenters. The number of hydrogen-bond donors (Lipinski definition) is 0. The summed E-state index contributed by atoms with van der Waals surface area (Å²) in [6, 6.07) is 20.7. The monoisotopic (exact) mass is 517 g/mol. The van der Waals surface area contributed by atoms with Gasteiger partial charge in [-0.3, -0.25) is 9.10 Å². The quantitative estimate of drug-likeness (QED) is 0.469. The largest absolute Gasteiger partial charge is 0.368 e. The van der Waals surface area contributed by atoms with Crippen molar-refractivity contribution in [2.45, 2.75) is 11.8 Å². The lowest BCUT2D eigenvalue weighted by Crippen LogP contribution is -2.52. The number of halogens is 2. The van der Waals surface area contributed by atoms with Crippen molar-refractivity contribution in [1.29, 1.82) is 0 Å². The van der Waals surface area contributed by atoms with E-state index in [1.54, 1.807) is 23.1 Å². The topological polar surface area (TPSA) is 60.9 Å². The van der Waals surface area contributed by atoms with Gasteiger partial charge in [-0.2, -0.15) is 0 Å². The van der Waals surface area contributed by atoms with Gasteiger partial charge < -0.3 is 9.80 Å². The average molecular weight is 518 g/mol. The fourth-order valence-electron chi connectivity index (χ4n) is 3.94. The molecule has 0 spiro atoms. The molecule has 9 heteroatoms. The normalized spacial score (nSPS) is 14.2. The van der Waals surface area contributed by atoms with Gasteiger partial charge in [0.15, 0.2) is 0 Å². The molecule has 1 fully saturated rings. The van der Waals surface area contributed by atoms with Gasteiger partial charge in [-0.25, -0.2) is 8.42 Å². The SMILES string of the molecule is Cc1cccc(N(CC(=O)N2CCN(c3cccc(Cl)c3)CC2)S(=O)(=O)c2ccc(Cl)cc2)c1. The van der Waals surface area contributed by atoms with Gasteiger partial charge in [0.1, 0.15) is 6.54 Å². The van der Waals surface area contributed by atoms with E-state index in [2.05, 4.69) is 4.90 Å². The first-order chi connectivity index (χ1) is 16.2. The van der Waals surface area contributed by atoms with Gasteiger partial charge in [0.25, 0.3) is 10.0 Å². The van der Waals surface area contributed by atoms with Crippen LogP contribution in [0.2, 0.25) is 10.0 Å². The van der Waals surface area contributed by atoms with Crippen molar-refractivity contribution in [2.24, 2.45) is 0 Å². The molecule has 4 rings (SSSR count). The van der Waals surface area contributed by atoms with Gasteiger partial charge in [-0.15, -0.1) is 0 Å². The van der Waals surface area contributed by atoms with Crippen molar-refractivity contribution >= 4 is 50.5 Å². The summed E-state index contributed by atoms with van der Waals surface area (Å²) in [5, 5.41) is 1.10. The average Bonchev–Trinajstić information content (AvgIpc) is 2.82. The van der Waals surface area contributed by atoms with Crippen LogP contribution in [0.5, 0.6) is 0 Å². The summed E-state index contributed by atoms with van der Waals surface area (Å²) in [5.41, 5.74) is 2.35. The number of nitrogens with zero attached hydrogens (tertiary/aromatic N) is 3. The maximum Gasteiger partial charge on any atom is 0.264 e. The first kappa shape index (κ1) is 24.4. The fraction of sp³-hybridized carbons (Fsp3) is 0.240. The highest BCUT2D eigenvalue weighted by Gasteiger charge is 2.30. The van der Waals surface area contributed by atoms with Crippen molar-refractivity contribution in [1.82, 2.24) is 4.90 Å². The summed E-state index contributed by atoms with van der Waals surface area (Å²) in [4.78, 5) is 17.2. The summed E-state index contributed by atoms with van der Waals surface area (Å²) in [6.45, 7) is 3.86. The Kier molecular flexibility index (Phi) is 7.36. The number of piperazine rings is 1. The molecule has 0 atom stereocenters. The molecule has 1 aliphatic heterocycles. The highest BCUT2D eigenvalue weighted by molar-refractivity contribution is 7.92. The first-order valence-corrected chi connectivity index (χ1v) is 13.1. The summed E-state index contributed by atoms with van der Waals surface area (Å²) >= 11 is 12.1. The molecule has 1 saturated heterocycles. The number of hydrogen-bond acceptors (Lipinski definition) is 4. The molecule has 0 aliphatic carbocycles. The Morgan fingerprint density at radius 1 is 0.882 bits per heavy atom. The zero-order valence-corrected chi connectivity index (χ0v) is 21.0. The van der Waals surface area contributed by atoms with Crippen LogP contribution in [0, 0.1) is 6.92 Å². The van der Waals surface area contributed by atoms with Crippen LogP contribution in [0.1, 0.15) is 5.56 Å². The second-order valence-electron chi connectivity index (χ2n) is 8.15. The van der Waals surface area contributed by atoms with E-state index >= 15 is 0 Å². The van der Waals surface area contributed by atoms with Crippen LogP contribution in [0.4, 0.5) is 11.4 Å². The third-order valence-electron chi connectivity index (χ3n) is 5.78. The van der Waals surface area contributed by atoms with Crippen molar-refractivity contribution in [2.75, 3.05) is 41.9 Å². The van der Waals surface area contributed by atoms with E-state index in [1.165, 1.54) is 28.6 Å². The van der Waals surface area contributed by atoms with Gasteiger partial charge in [-0.05, 0) is 67.1 Å². The Bertz CT molecular complexity index is 1270. The standard InChI is InChI=1S/C25H25Cl2N3O3S/c1-19-4-2-7-23(16-19)30(34(32,33)24-10-8-20(26)9-11-24)18-25(31)29-14-12-28(13-15-29)22-6-3-5-21(27)17-22/h2-11,16-17H,12-15,18H2,1H3. The van der Waals surface area contributed by atoms with E-state index in [1.807, 2.05) is 37.3 Å². The van der Waals surface area contributed by atoms with Crippen molar-refractivity contribution in [3.63, 3.8) is 0 Å². The van der Waals surface area contributed by atoms with Crippen LogP contribution in [0.15, 0.2) is 77.7 Å². The lowest BCUT2D eigenvalue weighted by molar-refractivity contribution is -0.129. The van der Waals surface area contributed by atoms with Gasteiger partial charge in [0, 0.05) is 41.9 Å². The van der Waals surface area contributed by atoms with Crippen molar-refractivity contribution in [3.8, 4) is 0 Å². The Hall–Kier alpha value is -2.74. The Morgan fingerprint density at radius 3 is 2.21 bits per heavy atom. The van der Waals surface area contributed by atoms with Gasteiger partial charge in [0.05, 0.1) is 10.6 Å². The molecule has 34 heavy (non-hydrogen) atoms. The second kappa shape index (κ2) is 10.3. The molecule has 6 nitrogen and oxygen atoms in total. The Morgan fingerprint density at radius 2 is 1.56 bits per heavy atom. The van der Waals surface area contributed by atoms with Crippen LogP contribution in [-0.4, -0.2) is 51.9 Å². The van der Waals surface area contributed by atoms with E-state index in [0.29, 0.717) is 41.9 Å². The summed E-state index contributed by atoms with van der Waals surface area (Å²) in [7, 11) is -3.98. The molecule has 178 valence electrons. The molecule has 0 radical (unpaired) electrons. The smallest absolute Gasteiger partial charge is 0.264 e. The number of carbonyl (C=O) groups is 1. The number of sulfonamides is 1. The molecule has 1 aliphatic rings. The zero-order valence-electron chi connectivity index (χ0n) is 18.7. The van der Waals surface area contributed by atoms with E-state index < -0.39 is 10.0 Å². The Labute approximate surface area is 210 Å². The van der Waals surface area contributed by atoms with E-state index in [-0.39, 0.29) is 17.3 Å². The minimum absolute atomic E-state index is 0.0805. The predicted octanol–water partition coefficient (Wildman–Crippen LogP) is 4.85.